The van der Waals surface area contributed by atoms with Gasteiger partial charge in [-0.15, -0.1) is 0 Å². The Kier molecular flexibility index (Phi) is 11.2. The van der Waals surface area contributed by atoms with E-state index in [-0.39, 0.29) is 0 Å². The predicted molar refractivity (Wildman–Crippen MR) is 95.6 cm³/mol. The first-order valence-electron chi connectivity index (χ1n) is 9.12. The number of epoxide rings is 1. The molecule has 130 valence electrons. The normalized spacial score (nSPS) is 20.9. The summed E-state index contributed by atoms with van der Waals surface area (Å²) in [6.07, 6.45) is 24.2. The van der Waals surface area contributed by atoms with Gasteiger partial charge in [-0.1, -0.05) is 75.8 Å². The molecule has 3 heteroatoms. The number of allylic oxidation sites excluding steroid dienone is 5. The Morgan fingerprint density at radius 3 is 2.30 bits per heavy atom. The van der Waals surface area contributed by atoms with Crippen LogP contribution in [0.3, 0.4) is 0 Å². The Morgan fingerprint density at radius 2 is 1.57 bits per heavy atom. The molecule has 2 unspecified atom stereocenters. The third kappa shape index (κ3) is 11.8. The zero-order valence-corrected chi connectivity index (χ0v) is 14.5. The molecule has 0 aromatic carbocycles. The second-order valence-corrected chi connectivity index (χ2v) is 6.21. The summed E-state index contributed by atoms with van der Waals surface area (Å²) < 4.78 is 5.68. The van der Waals surface area contributed by atoms with Gasteiger partial charge in [-0.3, -0.25) is 0 Å². The van der Waals surface area contributed by atoms with Crippen LogP contribution in [0, 0.1) is 0 Å². The second-order valence-electron chi connectivity index (χ2n) is 6.21. The number of aliphatic carboxylic acids is 1. The summed E-state index contributed by atoms with van der Waals surface area (Å²) in [6.45, 7) is 2.24. The van der Waals surface area contributed by atoms with Gasteiger partial charge < -0.3 is 9.84 Å². The molecule has 3 nitrogen and oxygen atoms in total. The minimum absolute atomic E-state index is 0.575. The van der Waals surface area contributed by atoms with E-state index in [2.05, 4.69) is 13.0 Å². The summed E-state index contributed by atoms with van der Waals surface area (Å²) in [5, 5.41) is 8.41. The third-order valence-electron chi connectivity index (χ3n) is 4.10. The quantitative estimate of drug-likeness (QED) is 0.201. The molecule has 1 rings (SSSR count). The monoisotopic (exact) mass is 320 g/mol. The number of carboxylic acids is 1. The molecule has 1 heterocycles. The molecule has 0 radical (unpaired) electrons. The van der Waals surface area contributed by atoms with Crippen molar-refractivity contribution in [3.8, 4) is 0 Å². The number of ether oxygens (including phenoxy) is 1. The van der Waals surface area contributed by atoms with E-state index in [1.54, 1.807) is 6.08 Å². The van der Waals surface area contributed by atoms with Gasteiger partial charge in [0, 0.05) is 6.08 Å². The molecule has 0 aliphatic carbocycles. The van der Waals surface area contributed by atoms with Crippen LogP contribution >= 0.6 is 0 Å². The molecule has 1 saturated heterocycles. The van der Waals surface area contributed by atoms with Gasteiger partial charge in [-0.25, -0.2) is 4.79 Å². The molecule has 0 saturated carbocycles. The van der Waals surface area contributed by atoms with Crippen LogP contribution in [0.25, 0.3) is 0 Å². The molecule has 0 amide bonds. The maximum atomic E-state index is 10.2. The Balaban J connectivity index is 1.82. The largest absolute Gasteiger partial charge is 0.478 e. The number of unbranched alkanes of at least 4 members (excludes halogenated alkanes) is 6. The molecule has 1 aliphatic heterocycles. The van der Waals surface area contributed by atoms with Crippen LogP contribution in [0.1, 0.15) is 71.1 Å². The number of hydrogen-bond acceptors (Lipinski definition) is 2. The van der Waals surface area contributed by atoms with E-state index in [0.717, 1.165) is 12.5 Å². The fourth-order valence-electron chi connectivity index (χ4n) is 2.67. The lowest BCUT2D eigenvalue weighted by Crippen LogP contribution is -1.94. The summed E-state index contributed by atoms with van der Waals surface area (Å²) >= 11 is 0. The van der Waals surface area contributed by atoms with Crippen LogP contribution in [-0.4, -0.2) is 23.3 Å². The van der Waals surface area contributed by atoms with Gasteiger partial charge in [-0.05, 0) is 25.7 Å². The molecule has 1 fully saturated rings. The van der Waals surface area contributed by atoms with Gasteiger partial charge in [0.2, 0.25) is 0 Å². The van der Waals surface area contributed by atoms with Crippen LogP contribution in [0.2, 0.25) is 0 Å². The first kappa shape index (κ1) is 19.7. The molecule has 23 heavy (non-hydrogen) atoms. The summed E-state index contributed by atoms with van der Waals surface area (Å²) in [6, 6.07) is 0. The van der Waals surface area contributed by atoms with Crippen molar-refractivity contribution in [2.24, 2.45) is 0 Å². The lowest BCUT2D eigenvalue weighted by atomic mass is 10.1. The van der Waals surface area contributed by atoms with Crippen molar-refractivity contribution in [1.82, 2.24) is 0 Å². The summed E-state index contributed by atoms with van der Waals surface area (Å²) in [4.78, 5) is 10.2. The fraction of sp³-hybridized carbons (Fsp3) is 0.650. The van der Waals surface area contributed by atoms with Crippen molar-refractivity contribution in [2.45, 2.75) is 83.3 Å². The third-order valence-corrected chi connectivity index (χ3v) is 4.10. The summed E-state index contributed by atoms with van der Waals surface area (Å²) in [5.41, 5.74) is 0. The molecule has 1 N–H and O–H groups in total. The van der Waals surface area contributed by atoms with Crippen LogP contribution in [0.5, 0.6) is 0 Å². The van der Waals surface area contributed by atoms with Crippen molar-refractivity contribution in [3.63, 3.8) is 0 Å². The van der Waals surface area contributed by atoms with Gasteiger partial charge in [0.05, 0.1) is 12.2 Å². The standard InChI is InChI=1S/C20H32O3/c1-2-3-15-18-19(23-18)16-13-11-9-7-5-4-6-8-10-12-14-17-20(21)22/h6,8,10,12,14,17-19H,2-5,7,9,11,13,15-16H2,1H3,(H,21,22). The SMILES string of the molecule is CCCCC1OC1CCCCCCCC=CC=CC=CC(=O)O. The van der Waals surface area contributed by atoms with Crippen LogP contribution in [0.15, 0.2) is 36.5 Å². The van der Waals surface area contributed by atoms with E-state index in [1.165, 1.54) is 63.9 Å². The fourth-order valence-corrected chi connectivity index (χ4v) is 2.67. The highest BCUT2D eigenvalue weighted by Gasteiger charge is 2.36. The van der Waals surface area contributed by atoms with Gasteiger partial charge in [0.1, 0.15) is 0 Å². The molecule has 0 bridgehead atoms. The molecule has 0 spiro atoms. The van der Waals surface area contributed by atoms with Crippen molar-refractivity contribution in [2.75, 3.05) is 0 Å². The molecule has 1 aliphatic rings. The maximum Gasteiger partial charge on any atom is 0.328 e. The minimum atomic E-state index is -0.914. The summed E-state index contributed by atoms with van der Waals surface area (Å²) in [5.74, 6) is -0.914. The topological polar surface area (TPSA) is 49.8 Å². The highest BCUT2D eigenvalue weighted by molar-refractivity contribution is 5.80. The Hall–Kier alpha value is -1.35. The van der Waals surface area contributed by atoms with E-state index >= 15 is 0 Å². The molecular weight excluding hydrogens is 288 g/mol. The van der Waals surface area contributed by atoms with E-state index in [9.17, 15) is 4.79 Å². The van der Waals surface area contributed by atoms with Crippen LogP contribution in [-0.2, 0) is 9.53 Å². The van der Waals surface area contributed by atoms with E-state index in [1.807, 2.05) is 12.2 Å². The molecular formula is C20H32O3. The maximum absolute atomic E-state index is 10.2. The van der Waals surface area contributed by atoms with Crippen molar-refractivity contribution < 1.29 is 14.6 Å². The van der Waals surface area contributed by atoms with Gasteiger partial charge in [-0.2, -0.15) is 0 Å². The lowest BCUT2D eigenvalue weighted by Gasteiger charge is -1.99. The van der Waals surface area contributed by atoms with Crippen LogP contribution in [0.4, 0.5) is 0 Å². The lowest BCUT2D eigenvalue weighted by molar-refractivity contribution is -0.131. The minimum Gasteiger partial charge on any atom is -0.478 e. The molecule has 2 atom stereocenters. The van der Waals surface area contributed by atoms with Crippen molar-refractivity contribution in [1.29, 1.82) is 0 Å². The van der Waals surface area contributed by atoms with Crippen LogP contribution < -0.4 is 0 Å². The second kappa shape index (κ2) is 13.1. The predicted octanol–water partition coefficient (Wildman–Crippen LogP) is 5.43. The number of carboxylic acid groups (broad SMARTS) is 1. The molecule has 0 aromatic heterocycles. The smallest absolute Gasteiger partial charge is 0.328 e. The highest BCUT2D eigenvalue weighted by atomic mass is 16.6. The number of hydrogen-bond donors (Lipinski definition) is 1. The number of carbonyl (C=O) groups is 1. The first-order chi connectivity index (χ1) is 11.2. The highest BCUT2D eigenvalue weighted by Crippen LogP contribution is 2.31. The molecule has 0 aromatic rings. The number of rotatable bonds is 14. The average molecular weight is 320 g/mol. The zero-order valence-electron chi connectivity index (χ0n) is 14.5. The van der Waals surface area contributed by atoms with Gasteiger partial charge in [0.25, 0.3) is 0 Å². The van der Waals surface area contributed by atoms with E-state index in [4.69, 9.17) is 9.84 Å². The van der Waals surface area contributed by atoms with Gasteiger partial charge in [0.15, 0.2) is 0 Å². The summed E-state index contributed by atoms with van der Waals surface area (Å²) in [7, 11) is 0. The van der Waals surface area contributed by atoms with Crippen molar-refractivity contribution >= 4 is 5.97 Å². The Bertz CT molecular complexity index is 396. The zero-order chi connectivity index (χ0) is 16.8. The first-order valence-corrected chi connectivity index (χ1v) is 9.12. The van der Waals surface area contributed by atoms with Crippen molar-refractivity contribution in [3.05, 3.63) is 36.5 Å². The van der Waals surface area contributed by atoms with E-state index in [0.29, 0.717) is 12.2 Å². The Labute approximate surface area is 141 Å². The van der Waals surface area contributed by atoms with Gasteiger partial charge >= 0.3 is 5.97 Å². The van der Waals surface area contributed by atoms with E-state index < -0.39 is 5.97 Å². The average Bonchev–Trinajstić information content (AvgIpc) is 3.28. The Morgan fingerprint density at radius 1 is 0.913 bits per heavy atom.